The number of aliphatic imine (C=N–C) groups is 1. The number of benzene rings is 2. The summed E-state index contributed by atoms with van der Waals surface area (Å²) in [5, 5.41) is 6.06. The van der Waals surface area contributed by atoms with Crippen molar-refractivity contribution in [2.45, 2.75) is 19.9 Å². The van der Waals surface area contributed by atoms with Gasteiger partial charge in [0.2, 0.25) is 5.96 Å². The SMILES string of the molecule is CCc1ccc(NC(=NCc2ccncc2)NC(=O)c2ccc(OC)c(OC)c2)cc1. The molecule has 3 rings (SSSR count). The smallest absolute Gasteiger partial charge is 0.258 e. The van der Waals surface area contributed by atoms with Crippen LogP contribution in [0.1, 0.15) is 28.4 Å². The van der Waals surface area contributed by atoms with Crippen LogP contribution in [0.3, 0.4) is 0 Å². The number of guanidine groups is 1. The van der Waals surface area contributed by atoms with Gasteiger partial charge in [-0.2, -0.15) is 0 Å². The lowest BCUT2D eigenvalue weighted by atomic mass is 10.1. The molecular formula is C24H26N4O3. The van der Waals surface area contributed by atoms with Crippen molar-refractivity contribution < 1.29 is 14.3 Å². The predicted octanol–water partition coefficient (Wildman–Crippen LogP) is 4.06. The molecule has 2 aromatic carbocycles. The van der Waals surface area contributed by atoms with E-state index < -0.39 is 0 Å². The lowest BCUT2D eigenvalue weighted by Gasteiger charge is -2.13. The molecule has 0 aliphatic rings. The molecule has 0 saturated carbocycles. The molecule has 7 heteroatoms. The highest BCUT2D eigenvalue weighted by atomic mass is 16.5. The molecule has 0 radical (unpaired) electrons. The molecule has 0 aliphatic heterocycles. The van der Waals surface area contributed by atoms with Gasteiger partial charge in [0.25, 0.3) is 5.91 Å². The number of hydrogen-bond acceptors (Lipinski definition) is 5. The van der Waals surface area contributed by atoms with E-state index in [0.29, 0.717) is 29.6 Å². The summed E-state index contributed by atoms with van der Waals surface area (Å²) in [6, 6.07) is 16.8. The van der Waals surface area contributed by atoms with E-state index in [9.17, 15) is 4.79 Å². The van der Waals surface area contributed by atoms with E-state index in [2.05, 4.69) is 27.5 Å². The van der Waals surface area contributed by atoms with Crippen molar-refractivity contribution in [2.75, 3.05) is 19.5 Å². The van der Waals surface area contributed by atoms with Gasteiger partial charge in [-0.15, -0.1) is 0 Å². The third-order valence-electron chi connectivity index (χ3n) is 4.67. The summed E-state index contributed by atoms with van der Waals surface area (Å²) in [5.41, 5.74) is 3.47. The van der Waals surface area contributed by atoms with Crippen LogP contribution in [0.4, 0.5) is 5.69 Å². The number of carbonyl (C=O) groups excluding carboxylic acids is 1. The second-order valence-corrected chi connectivity index (χ2v) is 6.72. The fraction of sp³-hybridized carbons (Fsp3) is 0.208. The number of hydrogen-bond donors (Lipinski definition) is 2. The zero-order valence-corrected chi connectivity index (χ0v) is 17.9. The van der Waals surface area contributed by atoms with Gasteiger partial charge in [0, 0.05) is 23.6 Å². The maximum atomic E-state index is 12.9. The molecule has 31 heavy (non-hydrogen) atoms. The van der Waals surface area contributed by atoms with Crippen molar-refractivity contribution >= 4 is 17.6 Å². The molecule has 0 aliphatic carbocycles. The molecule has 3 aromatic rings. The highest BCUT2D eigenvalue weighted by Gasteiger charge is 2.13. The van der Waals surface area contributed by atoms with Crippen molar-refractivity contribution in [1.82, 2.24) is 10.3 Å². The number of anilines is 1. The quantitative estimate of drug-likeness (QED) is 0.446. The Morgan fingerprint density at radius 2 is 1.65 bits per heavy atom. The van der Waals surface area contributed by atoms with Crippen LogP contribution in [0.25, 0.3) is 0 Å². The Kier molecular flexibility index (Phi) is 7.59. The van der Waals surface area contributed by atoms with E-state index in [4.69, 9.17) is 9.47 Å². The molecule has 1 amide bonds. The minimum atomic E-state index is -0.313. The molecule has 7 nitrogen and oxygen atoms in total. The minimum Gasteiger partial charge on any atom is -0.493 e. The van der Waals surface area contributed by atoms with Gasteiger partial charge in [-0.05, 0) is 60.0 Å². The Labute approximate surface area is 182 Å². The number of methoxy groups -OCH3 is 2. The first kappa shape index (κ1) is 21.8. The largest absolute Gasteiger partial charge is 0.493 e. The Morgan fingerprint density at radius 3 is 2.29 bits per heavy atom. The molecule has 1 aromatic heterocycles. The first-order chi connectivity index (χ1) is 15.1. The number of ether oxygens (including phenoxy) is 2. The van der Waals surface area contributed by atoms with Gasteiger partial charge in [-0.3, -0.25) is 15.1 Å². The predicted molar refractivity (Wildman–Crippen MR) is 122 cm³/mol. The highest BCUT2D eigenvalue weighted by Crippen LogP contribution is 2.27. The lowest BCUT2D eigenvalue weighted by molar-refractivity contribution is 0.0976. The van der Waals surface area contributed by atoms with Gasteiger partial charge in [0.05, 0.1) is 20.8 Å². The maximum absolute atomic E-state index is 12.9. The second-order valence-electron chi connectivity index (χ2n) is 6.72. The Bertz CT molecular complexity index is 1030. The van der Waals surface area contributed by atoms with E-state index in [-0.39, 0.29) is 5.91 Å². The summed E-state index contributed by atoms with van der Waals surface area (Å²) < 4.78 is 10.5. The van der Waals surface area contributed by atoms with Crippen LogP contribution in [-0.4, -0.2) is 31.1 Å². The average molecular weight is 418 g/mol. The van der Waals surface area contributed by atoms with E-state index in [0.717, 1.165) is 17.7 Å². The summed E-state index contributed by atoms with van der Waals surface area (Å²) in [6.07, 6.45) is 4.38. The molecule has 0 atom stereocenters. The molecule has 0 unspecified atom stereocenters. The Hall–Kier alpha value is -3.87. The van der Waals surface area contributed by atoms with Gasteiger partial charge in [0.15, 0.2) is 11.5 Å². The number of rotatable bonds is 7. The third-order valence-corrected chi connectivity index (χ3v) is 4.67. The van der Waals surface area contributed by atoms with Crippen LogP contribution in [0.2, 0.25) is 0 Å². The lowest BCUT2D eigenvalue weighted by Crippen LogP contribution is -2.36. The third kappa shape index (κ3) is 6.05. The number of nitrogens with zero attached hydrogens (tertiary/aromatic N) is 2. The number of aromatic nitrogens is 1. The molecular weight excluding hydrogens is 392 g/mol. The molecule has 0 saturated heterocycles. The average Bonchev–Trinajstić information content (AvgIpc) is 2.83. The number of nitrogens with one attached hydrogen (secondary N) is 2. The zero-order valence-electron chi connectivity index (χ0n) is 17.9. The fourth-order valence-corrected chi connectivity index (χ4v) is 2.89. The van der Waals surface area contributed by atoms with Gasteiger partial charge in [-0.1, -0.05) is 19.1 Å². The van der Waals surface area contributed by atoms with E-state index in [1.807, 2.05) is 36.4 Å². The maximum Gasteiger partial charge on any atom is 0.258 e. The molecule has 0 bridgehead atoms. The van der Waals surface area contributed by atoms with Crippen LogP contribution in [0.5, 0.6) is 11.5 Å². The monoisotopic (exact) mass is 418 g/mol. The van der Waals surface area contributed by atoms with E-state index >= 15 is 0 Å². The summed E-state index contributed by atoms with van der Waals surface area (Å²) in [4.78, 5) is 21.5. The van der Waals surface area contributed by atoms with Crippen molar-refractivity contribution in [3.8, 4) is 11.5 Å². The second kappa shape index (κ2) is 10.8. The van der Waals surface area contributed by atoms with Gasteiger partial charge in [-0.25, -0.2) is 4.99 Å². The summed E-state index contributed by atoms with van der Waals surface area (Å²) in [5.74, 6) is 1.07. The van der Waals surface area contributed by atoms with Gasteiger partial charge in [0.1, 0.15) is 0 Å². The van der Waals surface area contributed by atoms with Crippen LogP contribution in [0.15, 0.2) is 72.0 Å². The standard InChI is InChI=1S/C24H26N4O3/c1-4-17-5-8-20(9-6-17)27-24(26-16-18-11-13-25-14-12-18)28-23(29)19-7-10-21(30-2)22(15-19)31-3/h5-15H,4,16H2,1-3H3,(H2,26,27,28,29). The van der Waals surface area contributed by atoms with E-state index in [1.165, 1.54) is 12.7 Å². The molecule has 0 spiro atoms. The Balaban J connectivity index is 1.81. The fourth-order valence-electron chi connectivity index (χ4n) is 2.89. The number of amides is 1. The van der Waals surface area contributed by atoms with Crippen molar-refractivity contribution in [3.63, 3.8) is 0 Å². The first-order valence-electron chi connectivity index (χ1n) is 9.95. The van der Waals surface area contributed by atoms with Crippen LogP contribution < -0.4 is 20.1 Å². The molecule has 1 heterocycles. The van der Waals surface area contributed by atoms with E-state index in [1.54, 1.807) is 37.7 Å². The molecule has 2 N–H and O–H groups in total. The topological polar surface area (TPSA) is 84.8 Å². The van der Waals surface area contributed by atoms with Crippen molar-refractivity contribution in [2.24, 2.45) is 4.99 Å². The van der Waals surface area contributed by atoms with Crippen molar-refractivity contribution in [3.05, 3.63) is 83.7 Å². The van der Waals surface area contributed by atoms with Crippen LogP contribution in [-0.2, 0) is 13.0 Å². The molecule has 0 fully saturated rings. The van der Waals surface area contributed by atoms with Crippen molar-refractivity contribution in [1.29, 1.82) is 0 Å². The highest BCUT2D eigenvalue weighted by molar-refractivity contribution is 6.10. The van der Waals surface area contributed by atoms with Crippen LogP contribution >= 0.6 is 0 Å². The zero-order chi connectivity index (χ0) is 22.1. The van der Waals surface area contributed by atoms with Crippen LogP contribution in [0, 0.1) is 0 Å². The summed E-state index contributed by atoms with van der Waals surface area (Å²) in [7, 11) is 3.08. The Morgan fingerprint density at radius 1 is 0.935 bits per heavy atom. The number of carbonyl (C=O) groups is 1. The van der Waals surface area contributed by atoms with Gasteiger partial charge >= 0.3 is 0 Å². The number of pyridine rings is 1. The number of aryl methyl sites for hydroxylation is 1. The minimum absolute atomic E-state index is 0.313. The van der Waals surface area contributed by atoms with Gasteiger partial charge < -0.3 is 14.8 Å². The first-order valence-corrected chi connectivity index (χ1v) is 9.95. The summed E-state index contributed by atoms with van der Waals surface area (Å²) >= 11 is 0. The summed E-state index contributed by atoms with van der Waals surface area (Å²) in [6.45, 7) is 2.50. The normalized spacial score (nSPS) is 11.0. The molecule has 160 valence electrons.